The molecule has 2 aromatic rings. The number of aryl methyl sites for hydroxylation is 2. The Morgan fingerprint density at radius 2 is 2.00 bits per heavy atom. The van der Waals surface area contributed by atoms with Crippen molar-refractivity contribution in [2.75, 3.05) is 24.8 Å². The highest BCUT2D eigenvalue weighted by molar-refractivity contribution is 6.08. The first kappa shape index (κ1) is 14.9. The number of nitrogens with two attached hydrogens (primary N) is 1. The van der Waals surface area contributed by atoms with Crippen molar-refractivity contribution in [1.29, 1.82) is 0 Å². The van der Waals surface area contributed by atoms with Gasteiger partial charge in [-0.05, 0) is 38.1 Å². The molecule has 1 aromatic carbocycles. The van der Waals surface area contributed by atoms with Crippen LogP contribution >= 0.6 is 0 Å². The minimum absolute atomic E-state index is 0.180. The van der Waals surface area contributed by atoms with Gasteiger partial charge in [-0.2, -0.15) is 5.10 Å². The SMILES string of the molecule is CCn1nc(C)c(N)c1C(=O)N(C)c1ccc(OC)cc1. The Labute approximate surface area is 124 Å². The number of carbonyl (C=O) groups excluding carboxylic acids is 1. The number of carbonyl (C=O) groups is 1. The third kappa shape index (κ3) is 2.69. The number of methoxy groups -OCH3 is 1. The van der Waals surface area contributed by atoms with Crippen LogP contribution in [-0.2, 0) is 6.54 Å². The van der Waals surface area contributed by atoms with Crippen LogP contribution in [0.1, 0.15) is 23.1 Å². The van der Waals surface area contributed by atoms with E-state index in [-0.39, 0.29) is 5.91 Å². The summed E-state index contributed by atoms with van der Waals surface area (Å²) in [7, 11) is 3.32. The monoisotopic (exact) mass is 288 g/mol. The Balaban J connectivity index is 2.34. The third-order valence-electron chi connectivity index (χ3n) is 3.44. The van der Waals surface area contributed by atoms with Crippen molar-refractivity contribution >= 4 is 17.3 Å². The maximum atomic E-state index is 12.7. The van der Waals surface area contributed by atoms with Gasteiger partial charge >= 0.3 is 0 Å². The minimum Gasteiger partial charge on any atom is -0.497 e. The van der Waals surface area contributed by atoms with Crippen molar-refractivity contribution in [2.45, 2.75) is 20.4 Å². The molecule has 6 nitrogen and oxygen atoms in total. The van der Waals surface area contributed by atoms with Gasteiger partial charge in [-0.15, -0.1) is 0 Å². The van der Waals surface area contributed by atoms with Gasteiger partial charge < -0.3 is 15.4 Å². The average molecular weight is 288 g/mol. The molecule has 112 valence electrons. The van der Waals surface area contributed by atoms with Crippen LogP contribution in [-0.4, -0.2) is 29.8 Å². The lowest BCUT2D eigenvalue weighted by Crippen LogP contribution is -2.29. The molecule has 21 heavy (non-hydrogen) atoms. The summed E-state index contributed by atoms with van der Waals surface area (Å²) >= 11 is 0. The molecule has 0 aliphatic carbocycles. The maximum absolute atomic E-state index is 12.7. The van der Waals surface area contributed by atoms with Crippen LogP contribution in [0.25, 0.3) is 0 Å². The van der Waals surface area contributed by atoms with Crippen molar-refractivity contribution < 1.29 is 9.53 Å². The molecule has 6 heteroatoms. The highest BCUT2D eigenvalue weighted by atomic mass is 16.5. The second-order valence-corrected chi connectivity index (χ2v) is 4.73. The molecular weight excluding hydrogens is 268 g/mol. The van der Waals surface area contributed by atoms with Gasteiger partial charge in [-0.3, -0.25) is 9.48 Å². The van der Waals surface area contributed by atoms with Gasteiger partial charge in [0.15, 0.2) is 0 Å². The Kier molecular flexibility index (Phi) is 4.16. The Bertz CT molecular complexity index is 646. The van der Waals surface area contributed by atoms with Crippen LogP contribution in [0.5, 0.6) is 5.75 Å². The predicted molar refractivity (Wildman–Crippen MR) is 82.8 cm³/mol. The van der Waals surface area contributed by atoms with Gasteiger partial charge in [-0.25, -0.2) is 0 Å². The number of anilines is 2. The summed E-state index contributed by atoms with van der Waals surface area (Å²) in [4.78, 5) is 14.2. The minimum atomic E-state index is -0.180. The molecule has 0 aliphatic rings. The first-order valence-corrected chi connectivity index (χ1v) is 6.74. The molecule has 0 fully saturated rings. The molecule has 0 atom stereocenters. The lowest BCUT2D eigenvalue weighted by Gasteiger charge is -2.18. The van der Waals surface area contributed by atoms with Gasteiger partial charge in [0.2, 0.25) is 0 Å². The topological polar surface area (TPSA) is 73.4 Å². The van der Waals surface area contributed by atoms with Crippen molar-refractivity contribution in [3.05, 3.63) is 35.7 Å². The summed E-state index contributed by atoms with van der Waals surface area (Å²) in [5.74, 6) is 0.564. The first-order valence-electron chi connectivity index (χ1n) is 6.74. The van der Waals surface area contributed by atoms with Crippen LogP contribution in [0.4, 0.5) is 11.4 Å². The largest absolute Gasteiger partial charge is 0.497 e. The van der Waals surface area contributed by atoms with Crippen molar-refractivity contribution in [3.63, 3.8) is 0 Å². The van der Waals surface area contributed by atoms with E-state index in [1.807, 2.05) is 31.2 Å². The number of benzene rings is 1. The van der Waals surface area contributed by atoms with E-state index in [2.05, 4.69) is 5.10 Å². The second-order valence-electron chi connectivity index (χ2n) is 4.73. The molecule has 0 aliphatic heterocycles. The standard InChI is InChI=1S/C15H20N4O2/c1-5-19-14(13(16)10(2)17-19)15(20)18(3)11-6-8-12(21-4)9-7-11/h6-9H,5,16H2,1-4H3. The highest BCUT2D eigenvalue weighted by Crippen LogP contribution is 2.23. The lowest BCUT2D eigenvalue weighted by molar-refractivity contribution is 0.0983. The fourth-order valence-electron chi connectivity index (χ4n) is 2.13. The molecule has 1 aromatic heterocycles. The average Bonchev–Trinajstić information content (AvgIpc) is 2.81. The quantitative estimate of drug-likeness (QED) is 0.934. The molecule has 1 heterocycles. The zero-order chi connectivity index (χ0) is 15.6. The number of amides is 1. The number of hydrogen-bond acceptors (Lipinski definition) is 4. The second kappa shape index (κ2) is 5.87. The zero-order valence-corrected chi connectivity index (χ0v) is 12.8. The third-order valence-corrected chi connectivity index (χ3v) is 3.44. The van der Waals surface area contributed by atoms with Crippen LogP contribution in [0.15, 0.2) is 24.3 Å². The molecule has 0 spiro atoms. The summed E-state index contributed by atoms with van der Waals surface area (Å²) in [5.41, 5.74) is 8.28. The van der Waals surface area contributed by atoms with E-state index >= 15 is 0 Å². The molecule has 1 amide bonds. The fraction of sp³-hybridized carbons (Fsp3) is 0.333. The molecule has 0 saturated heterocycles. The normalized spacial score (nSPS) is 10.5. The van der Waals surface area contributed by atoms with Gasteiger partial charge in [0.25, 0.3) is 5.91 Å². The van der Waals surface area contributed by atoms with E-state index in [1.54, 1.807) is 30.7 Å². The highest BCUT2D eigenvalue weighted by Gasteiger charge is 2.23. The summed E-state index contributed by atoms with van der Waals surface area (Å²) in [6.45, 7) is 4.32. The molecule has 0 saturated carbocycles. The molecule has 0 radical (unpaired) electrons. The van der Waals surface area contributed by atoms with E-state index in [0.717, 1.165) is 11.4 Å². The van der Waals surface area contributed by atoms with Gasteiger partial charge in [0.05, 0.1) is 18.5 Å². The van der Waals surface area contributed by atoms with E-state index < -0.39 is 0 Å². The van der Waals surface area contributed by atoms with Gasteiger partial charge in [-0.1, -0.05) is 0 Å². The molecular formula is C15H20N4O2. The van der Waals surface area contributed by atoms with E-state index in [9.17, 15) is 4.79 Å². The van der Waals surface area contributed by atoms with Crippen molar-refractivity contribution in [2.24, 2.45) is 0 Å². The van der Waals surface area contributed by atoms with Crippen LogP contribution in [0.2, 0.25) is 0 Å². The summed E-state index contributed by atoms with van der Waals surface area (Å²) < 4.78 is 6.75. The number of ether oxygens (including phenoxy) is 1. The van der Waals surface area contributed by atoms with E-state index in [0.29, 0.717) is 23.6 Å². The fourth-order valence-corrected chi connectivity index (χ4v) is 2.13. The van der Waals surface area contributed by atoms with Gasteiger partial charge in [0.1, 0.15) is 11.4 Å². The number of rotatable bonds is 4. The number of aromatic nitrogens is 2. The maximum Gasteiger partial charge on any atom is 0.278 e. The number of nitrogen functional groups attached to an aromatic ring is 1. The van der Waals surface area contributed by atoms with Crippen molar-refractivity contribution in [1.82, 2.24) is 9.78 Å². The van der Waals surface area contributed by atoms with E-state index in [4.69, 9.17) is 10.5 Å². The molecule has 2 rings (SSSR count). The predicted octanol–water partition coefficient (Wildman–Crippen LogP) is 2.08. The molecule has 0 bridgehead atoms. The lowest BCUT2D eigenvalue weighted by atomic mass is 10.2. The number of hydrogen-bond donors (Lipinski definition) is 1. The number of nitrogens with zero attached hydrogens (tertiary/aromatic N) is 3. The summed E-state index contributed by atoms with van der Waals surface area (Å²) in [6, 6.07) is 7.27. The first-order chi connectivity index (χ1) is 9.99. The smallest absolute Gasteiger partial charge is 0.278 e. The van der Waals surface area contributed by atoms with Gasteiger partial charge in [0, 0.05) is 19.3 Å². The summed E-state index contributed by atoms with van der Waals surface area (Å²) in [6.07, 6.45) is 0. The van der Waals surface area contributed by atoms with Crippen LogP contribution in [0.3, 0.4) is 0 Å². The Hall–Kier alpha value is -2.50. The molecule has 2 N–H and O–H groups in total. The van der Waals surface area contributed by atoms with E-state index in [1.165, 1.54) is 0 Å². The zero-order valence-electron chi connectivity index (χ0n) is 12.8. The molecule has 0 unspecified atom stereocenters. The van der Waals surface area contributed by atoms with Crippen LogP contribution < -0.4 is 15.4 Å². The Morgan fingerprint density at radius 1 is 1.38 bits per heavy atom. The van der Waals surface area contributed by atoms with Crippen molar-refractivity contribution in [3.8, 4) is 5.75 Å². The van der Waals surface area contributed by atoms with Crippen LogP contribution in [0, 0.1) is 6.92 Å². The summed E-state index contributed by atoms with van der Waals surface area (Å²) in [5, 5.41) is 4.28. The Morgan fingerprint density at radius 3 is 2.52 bits per heavy atom.